The molecule has 2 aromatic heterocycles. The molecule has 0 amide bonds. The Bertz CT molecular complexity index is 1080. The second-order valence-corrected chi connectivity index (χ2v) is 9.05. The first kappa shape index (κ1) is 20.3. The van der Waals surface area contributed by atoms with Crippen molar-refractivity contribution in [2.24, 2.45) is 0 Å². The molecule has 7 nitrogen and oxygen atoms in total. The van der Waals surface area contributed by atoms with Gasteiger partial charge in [0.15, 0.2) is 0 Å². The quantitative estimate of drug-likeness (QED) is 0.505. The number of hydrogen-bond donors (Lipinski definition) is 2. The number of nitrogens with one attached hydrogen (secondary N) is 2. The Morgan fingerprint density at radius 3 is 2.77 bits per heavy atom. The van der Waals surface area contributed by atoms with Crippen LogP contribution in [0, 0.1) is 0 Å². The highest BCUT2D eigenvalue weighted by atomic mass is 32.2. The fraction of sp³-hybridized carbons (Fsp3) is 0.435. The van der Waals surface area contributed by atoms with Gasteiger partial charge in [-0.15, -0.1) is 0 Å². The molecule has 1 aliphatic heterocycles. The summed E-state index contributed by atoms with van der Waals surface area (Å²) in [5, 5.41) is 4.31. The van der Waals surface area contributed by atoms with Gasteiger partial charge in [-0.1, -0.05) is 24.1 Å². The Morgan fingerprint density at radius 1 is 1.16 bits per heavy atom. The first-order valence-electron chi connectivity index (χ1n) is 10.7. The van der Waals surface area contributed by atoms with Gasteiger partial charge in [-0.25, -0.2) is 15.0 Å². The maximum Gasteiger partial charge on any atom is 0.224 e. The van der Waals surface area contributed by atoms with E-state index in [4.69, 9.17) is 14.5 Å². The number of fused-ring (bicyclic) bond motifs is 1. The smallest absolute Gasteiger partial charge is 0.224 e. The topological polar surface area (TPSA) is 81.2 Å². The largest absolute Gasteiger partial charge is 0.474 e. The van der Waals surface area contributed by atoms with Crippen LogP contribution in [0.5, 0.6) is 5.88 Å². The van der Waals surface area contributed by atoms with Gasteiger partial charge in [0.05, 0.1) is 24.1 Å². The van der Waals surface area contributed by atoms with E-state index in [9.17, 15) is 0 Å². The second kappa shape index (κ2) is 8.51. The van der Waals surface area contributed by atoms with Crippen molar-refractivity contribution in [1.82, 2.24) is 15.0 Å². The Hall–Kier alpha value is -2.58. The van der Waals surface area contributed by atoms with Gasteiger partial charge in [-0.05, 0) is 37.5 Å². The van der Waals surface area contributed by atoms with Gasteiger partial charge in [-0.3, -0.25) is 0 Å². The van der Waals surface area contributed by atoms with Gasteiger partial charge in [0.1, 0.15) is 6.10 Å². The number of aromatic nitrogens is 3. The standard InChI is InChI=1S/C23H27N5O2S/c1-23(8-9-23)27-22-25-14-19-20(26-22)18(15-4-3-5-16(12-15)28-31-2)13-24-21(19)30-17-6-10-29-11-7-17/h3-5,12-14,17,28H,6-11H2,1-2H3,(H,25,26,27). The monoisotopic (exact) mass is 437 g/mol. The molecule has 5 rings (SSSR count). The molecule has 1 aliphatic carbocycles. The molecule has 2 fully saturated rings. The van der Waals surface area contributed by atoms with Crippen molar-refractivity contribution in [2.75, 3.05) is 29.5 Å². The molecule has 2 N–H and O–H groups in total. The summed E-state index contributed by atoms with van der Waals surface area (Å²) in [7, 11) is 0. The van der Waals surface area contributed by atoms with Crippen molar-refractivity contribution in [2.45, 2.75) is 44.2 Å². The molecule has 31 heavy (non-hydrogen) atoms. The minimum Gasteiger partial charge on any atom is -0.474 e. The van der Waals surface area contributed by atoms with Crippen molar-refractivity contribution in [1.29, 1.82) is 0 Å². The summed E-state index contributed by atoms with van der Waals surface area (Å²) < 4.78 is 15.0. The number of rotatable bonds is 7. The highest BCUT2D eigenvalue weighted by Gasteiger charge is 2.38. The first-order chi connectivity index (χ1) is 15.1. The van der Waals surface area contributed by atoms with E-state index in [1.807, 2.05) is 30.8 Å². The minimum absolute atomic E-state index is 0.102. The summed E-state index contributed by atoms with van der Waals surface area (Å²) in [6.07, 6.45) is 9.83. The van der Waals surface area contributed by atoms with Crippen LogP contribution < -0.4 is 14.8 Å². The third-order valence-electron chi connectivity index (χ3n) is 5.84. The summed E-state index contributed by atoms with van der Waals surface area (Å²) in [6.45, 7) is 3.64. The molecular weight excluding hydrogens is 410 g/mol. The predicted octanol–water partition coefficient (Wildman–Crippen LogP) is 4.90. The Kier molecular flexibility index (Phi) is 5.58. The molecule has 162 valence electrons. The highest BCUT2D eigenvalue weighted by molar-refractivity contribution is 7.99. The van der Waals surface area contributed by atoms with Crippen LogP contribution in [-0.4, -0.2) is 46.1 Å². The first-order valence-corrected chi connectivity index (χ1v) is 11.9. The fourth-order valence-electron chi connectivity index (χ4n) is 3.77. The molecule has 1 aromatic carbocycles. The lowest BCUT2D eigenvalue weighted by atomic mass is 10.0. The average molecular weight is 438 g/mol. The van der Waals surface area contributed by atoms with Crippen LogP contribution in [0.2, 0.25) is 0 Å². The van der Waals surface area contributed by atoms with Crippen LogP contribution in [-0.2, 0) is 4.74 Å². The van der Waals surface area contributed by atoms with E-state index in [0.717, 1.165) is 66.6 Å². The third-order valence-corrected chi connectivity index (χ3v) is 6.28. The molecule has 0 atom stereocenters. The fourth-order valence-corrected chi connectivity index (χ4v) is 4.13. The van der Waals surface area contributed by atoms with Crippen LogP contribution in [0.15, 0.2) is 36.7 Å². The molecule has 3 heterocycles. The van der Waals surface area contributed by atoms with Crippen molar-refractivity contribution in [3.05, 3.63) is 36.7 Å². The van der Waals surface area contributed by atoms with E-state index < -0.39 is 0 Å². The molecule has 8 heteroatoms. The molecule has 0 bridgehead atoms. The molecule has 0 radical (unpaired) electrons. The van der Waals surface area contributed by atoms with E-state index in [1.54, 1.807) is 11.9 Å². The maximum atomic E-state index is 6.27. The lowest BCUT2D eigenvalue weighted by Gasteiger charge is -2.23. The van der Waals surface area contributed by atoms with Gasteiger partial charge in [0, 0.05) is 48.3 Å². The van der Waals surface area contributed by atoms with E-state index in [2.05, 4.69) is 39.1 Å². The summed E-state index contributed by atoms with van der Waals surface area (Å²) >= 11 is 1.57. The number of ether oxygens (including phenoxy) is 2. The van der Waals surface area contributed by atoms with Crippen molar-refractivity contribution < 1.29 is 9.47 Å². The third kappa shape index (κ3) is 4.55. The molecule has 2 aliphatic rings. The number of pyridine rings is 1. The lowest BCUT2D eigenvalue weighted by molar-refractivity contribution is 0.0244. The SMILES string of the molecule is CSNc1cccc(-c2cnc(OC3CCOCC3)c3cnc(NC4(C)CC4)nc23)c1. The van der Waals surface area contributed by atoms with Gasteiger partial charge >= 0.3 is 0 Å². The van der Waals surface area contributed by atoms with Crippen molar-refractivity contribution in [3.63, 3.8) is 0 Å². The Labute approximate surface area is 186 Å². The molecule has 0 spiro atoms. The number of benzene rings is 1. The van der Waals surface area contributed by atoms with Crippen molar-refractivity contribution >= 4 is 34.5 Å². The Balaban J connectivity index is 1.57. The predicted molar refractivity (Wildman–Crippen MR) is 126 cm³/mol. The zero-order valence-corrected chi connectivity index (χ0v) is 18.7. The van der Waals surface area contributed by atoms with Crippen LogP contribution >= 0.6 is 11.9 Å². The molecule has 0 unspecified atom stereocenters. The number of nitrogens with zero attached hydrogens (tertiary/aromatic N) is 3. The zero-order valence-electron chi connectivity index (χ0n) is 17.9. The van der Waals surface area contributed by atoms with E-state index >= 15 is 0 Å². The Morgan fingerprint density at radius 2 is 2.00 bits per heavy atom. The molecule has 1 saturated heterocycles. The van der Waals surface area contributed by atoms with Gasteiger partial charge < -0.3 is 19.5 Å². The summed E-state index contributed by atoms with van der Waals surface area (Å²) in [5.41, 5.74) is 4.01. The van der Waals surface area contributed by atoms with Crippen LogP contribution in [0.1, 0.15) is 32.6 Å². The van der Waals surface area contributed by atoms with E-state index in [-0.39, 0.29) is 11.6 Å². The highest BCUT2D eigenvalue weighted by Crippen LogP contribution is 2.39. The van der Waals surface area contributed by atoms with Gasteiger partial charge in [0.25, 0.3) is 0 Å². The molecule has 1 saturated carbocycles. The second-order valence-electron chi connectivity index (χ2n) is 8.44. The van der Waals surface area contributed by atoms with Crippen LogP contribution in [0.3, 0.4) is 0 Å². The van der Waals surface area contributed by atoms with Gasteiger partial charge in [-0.2, -0.15) is 0 Å². The number of anilines is 2. The van der Waals surface area contributed by atoms with Crippen LogP contribution in [0.4, 0.5) is 11.6 Å². The van der Waals surface area contributed by atoms with E-state index in [1.165, 1.54) is 0 Å². The van der Waals surface area contributed by atoms with Crippen molar-refractivity contribution in [3.8, 4) is 17.0 Å². The maximum absolute atomic E-state index is 6.27. The number of hydrogen-bond acceptors (Lipinski definition) is 8. The normalized spacial score (nSPS) is 18.0. The summed E-state index contributed by atoms with van der Waals surface area (Å²) in [6, 6.07) is 8.29. The molecular formula is C23H27N5O2S. The summed E-state index contributed by atoms with van der Waals surface area (Å²) in [4.78, 5) is 14.2. The zero-order chi connectivity index (χ0) is 21.3. The minimum atomic E-state index is 0.102. The van der Waals surface area contributed by atoms with E-state index in [0.29, 0.717) is 11.8 Å². The lowest BCUT2D eigenvalue weighted by Crippen LogP contribution is -2.26. The van der Waals surface area contributed by atoms with Gasteiger partial charge in [0.2, 0.25) is 11.8 Å². The van der Waals surface area contributed by atoms with Crippen LogP contribution in [0.25, 0.3) is 22.0 Å². The average Bonchev–Trinajstić information content (AvgIpc) is 3.51. The molecule has 3 aromatic rings. The summed E-state index contributed by atoms with van der Waals surface area (Å²) in [5.74, 6) is 1.24.